The average Bonchev–Trinajstić information content (AvgIpc) is 2.41. The predicted octanol–water partition coefficient (Wildman–Crippen LogP) is 1.73. The molecule has 1 atom stereocenters. The van der Waals surface area contributed by atoms with E-state index in [0.717, 1.165) is 12.8 Å². The maximum Gasteiger partial charge on any atom is 0.257 e. The van der Waals surface area contributed by atoms with Crippen molar-refractivity contribution in [2.45, 2.75) is 19.8 Å². The number of nitrogens with one attached hydrogen (secondary N) is 1. The van der Waals surface area contributed by atoms with Gasteiger partial charge >= 0.3 is 0 Å². The minimum Gasteiger partial charge on any atom is -0.484 e. The Labute approximate surface area is 112 Å². The van der Waals surface area contributed by atoms with Gasteiger partial charge in [-0.2, -0.15) is 0 Å². The summed E-state index contributed by atoms with van der Waals surface area (Å²) in [6.45, 7) is 2.54. The van der Waals surface area contributed by atoms with Crippen LogP contribution in [0.1, 0.15) is 19.8 Å². The van der Waals surface area contributed by atoms with Crippen LogP contribution >= 0.6 is 0 Å². The molecule has 0 saturated carbocycles. The van der Waals surface area contributed by atoms with E-state index < -0.39 is 5.82 Å². The summed E-state index contributed by atoms with van der Waals surface area (Å²) in [5.41, 5.74) is 0. The van der Waals surface area contributed by atoms with Gasteiger partial charge in [-0.3, -0.25) is 4.79 Å². The third kappa shape index (κ3) is 6.76. The Bertz CT molecular complexity index is 398. The van der Waals surface area contributed by atoms with Gasteiger partial charge in [0.05, 0.1) is 0 Å². The van der Waals surface area contributed by atoms with E-state index >= 15 is 0 Å². The maximum atomic E-state index is 12.8. The number of amides is 1. The highest BCUT2D eigenvalue weighted by Crippen LogP contribution is 2.11. The standard InChI is InChI=1S/C14H20FNO3/c1-11(9-17)4-3-7-16-14(18)10-19-13-6-2-5-12(15)8-13/h2,5-6,8,11,17H,3-4,7,9-10H2,1H3,(H,16,18). The van der Waals surface area contributed by atoms with Crippen molar-refractivity contribution in [2.24, 2.45) is 5.92 Å². The van der Waals surface area contributed by atoms with Gasteiger partial charge in [-0.25, -0.2) is 4.39 Å². The molecule has 0 aliphatic rings. The van der Waals surface area contributed by atoms with Crippen molar-refractivity contribution in [3.8, 4) is 5.75 Å². The SMILES string of the molecule is CC(CO)CCCNC(=O)COc1cccc(F)c1. The lowest BCUT2D eigenvalue weighted by atomic mass is 10.1. The number of halogens is 1. The zero-order valence-electron chi connectivity index (χ0n) is 11.1. The smallest absolute Gasteiger partial charge is 0.257 e. The molecule has 2 N–H and O–H groups in total. The summed E-state index contributed by atoms with van der Waals surface area (Å²) in [6, 6.07) is 5.67. The van der Waals surface area contributed by atoms with Crippen LogP contribution in [0.5, 0.6) is 5.75 Å². The van der Waals surface area contributed by atoms with Crippen LogP contribution in [-0.4, -0.2) is 30.8 Å². The molecule has 1 rings (SSSR count). The molecule has 1 amide bonds. The van der Waals surface area contributed by atoms with Crippen molar-refractivity contribution in [1.29, 1.82) is 0 Å². The minimum atomic E-state index is -0.393. The molecule has 0 heterocycles. The fourth-order valence-electron chi connectivity index (χ4n) is 1.53. The van der Waals surface area contributed by atoms with Crippen molar-refractivity contribution in [3.63, 3.8) is 0 Å². The van der Waals surface area contributed by atoms with Gasteiger partial charge in [-0.15, -0.1) is 0 Å². The first-order chi connectivity index (χ1) is 9.11. The van der Waals surface area contributed by atoms with Gasteiger partial charge in [0, 0.05) is 19.2 Å². The summed E-state index contributed by atoms with van der Waals surface area (Å²) in [6.07, 6.45) is 1.68. The van der Waals surface area contributed by atoms with Crippen LogP contribution in [0.25, 0.3) is 0 Å². The van der Waals surface area contributed by atoms with E-state index in [1.165, 1.54) is 18.2 Å². The van der Waals surface area contributed by atoms with Crippen molar-refractivity contribution in [1.82, 2.24) is 5.32 Å². The molecule has 0 aliphatic heterocycles. The summed E-state index contributed by atoms with van der Waals surface area (Å²) in [5.74, 6) is -0.0405. The fourth-order valence-corrected chi connectivity index (χ4v) is 1.53. The molecule has 0 bridgehead atoms. The highest BCUT2D eigenvalue weighted by Gasteiger charge is 2.04. The molecule has 0 saturated heterocycles. The van der Waals surface area contributed by atoms with E-state index in [-0.39, 0.29) is 25.0 Å². The van der Waals surface area contributed by atoms with Crippen LogP contribution in [0.3, 0.4) is 0 Å². The Morgan fingerprint density at radius 1 is 1.53 bits per heavy atom. The topological polar surface area (TPSA) is 58.6 Å². The maximum absolute atomic E-state index is 12.8. The predicted molar refractivity (Wildman–Crippen MR) is 70.4 cm³/mol. The molecule has 0 fully saturated rings. The van der Waals surface area contributed by atoms with Crippen LogP contribution < -0.4 is 10.1 Å². The van der Waals surface area contributed by atoms with E-state index in [2.05, 4.69) is 5.32 Å². The van der Waals surface area contributed by atoms with E-state index in [4.69, 9.17) is 9.84 Å². The van der Waals surface area contributed by atoms with Gasteiger partial charge in [0.1, 0.15) is 11.6 Å². The molecule has 106 valence electrons. The number of hydrogen-bond acceptors (Lipinski definition) is 3. The highest BCUT2D eigenvalue weighted by atomic mass is 19.1. The summed E-state index contributed by atoms with van der Waals surface area (Å²) < 4.78 is 18.0. The van der Waals surface area contributed by atoms with Crippen LogP contribution in [0.15, 0.2) is 24.3 Å². The second-order valence-electron chi connectivity index (χ2n) is 4.53. The molecule has 0 spiro atoms. The second kappa shape index (κ2) is 8.48. The largest absolute Gasteiger partial charge is 0.484 e. The highest BCUT2D eigenvalue weighted by molar-refractivity contribution is 5.77. The van der Waals surface area contributed by atoms with Gasteiger partial charge in [-0.05, 0) is 30.9 Å². The number of hydrogen-bond donors (Lipinski definition) is 2. The molecule has 1 unspecified atom stereocenters. The number of aliphatic hydroxyl groups excluding tert-OH is 1. The first-order valence-corrected chi connectivity index (χ1v) is 6.37. The molecule has 0 aliphatic carbocycles. The summed E-state index contributed by atoms with van der Waals surface area (Å²) >= 11 is 0. The van der Waals surface area contributed by atoms with Crippen LogP contribution in [-0.2, 0) is 4.79 Å². The number of rotatable bonds is 8. The van der Waals surface area contributed by atoms with Crippen molar-refractivity contribution in [3.05, 3.63) is 30.1 Å². The Morgan fingerprint density at radius 2 is 2.32 bits per heavy atom. The molecule has 1 aromatic carbocycles. The quantitative estimate of drug-likeness (QED) is 0.707. The summed E-state index contributed by atoms with van der Waals surface area (Å²) in [4.78, 5) is 11.4. The lowest BCUT2D eigenvalue weighted by Gasteiger charge is -2.09. The van der Waals surface area contributed by atoms with Crippen molar-refractivity contribution < 1.29 is 19.0 Å². The van der Waals surface area contributed by atoms with E-state index in [0.29, 0.717) is 12.3 Å². The zero-order chi connectivity index (χ0) is 14.1. The van der Waals surface area contributed by atoms with Gasteiger partial charge in [0.25, 0.3) is 5.91 Å². The molecular formula is C14H20FNO3. The van der Waals surface area contributed by atoms with Gasteiger partial charge in [0.2, 0.25) is 0 Å². The van der Waals surface area contributed by atoms with Crippen molar-refractivity contribution >= 4 is 5.91 Å². The van der Waals surface area contributed by atoms with E-state index in [9.17, 15) is 9.18 Å². The number of ether oxygens (including phenoxy) is 1. The van der Waals surface area contributed by atoms with Crippen molar-refractivity contribution in [2.75, 3.05) is 19.8 Å². The monoisotopic (exact) mass is 269 g/mol. The van der Waals surface area contributed by atoms with Crippen LogP contribution in [0.2, 0.25) is 0 Å². The number of aliphatic hydroxyl groups is 1. The van der Waals surface area contributed by atoms with E-state index in [1.807, 2.05) is 6.92 Å². The molecule has 5 heteroatoms. The minimum absolute atomic E-state index is 0.126. The summed E-state index contributed by atoms with van der Waals surface area (Å²) in [7, 11) is 0. The first-order valence-electron chi connectivity index (χ1n) is 6.37. The average molecular weight is 269 g/mol. The first kappa shape index (κ1) is 15.4. The van der Waals surface area contributed by atoms with E-state index in [1.54, 1.807) is 6.07 Å². The summed E-state index contributed by atoms with van der Waals surface area (Å²) in [5, 5.41) is 11.5. The Hall–Kier alpha value is -1.62. The lowest BCUT2D eigenvalue weighted by Crippen LogP contribution is -2.30. The third-order valence-corrected chi connectivity index (χ3v) is 2.67. The number of carbonyl (C=O) groups is 1. The fraction of sp³-hybridized carbons (Fsp3) is 0.500. The molecule has 4 nitrogen and oxygen atoms in total. The van der Waals surface area contributed by atoms with Gasteiger partial charge in [-0.1, -0.05) is 13.0 Å². The Balaban J connectivity index is 2.14. The lowest BCUT2D eigenvalue weighted by molar-refractivity contribution is -0.123. The molecule has 0 radical (unpaired) electrons. The second-order valence-corrected chi connectivity index (χ2v) is 4.53. The van der Waals surface area contributed by atoms with Crippen LogP contribution in [0, 0.1) is 11.7 Å². The third-order valence-electron chi connectivity index (χ3n) is 2.67. The molecule has 19 heavy (non-hydrogen) atoms. The number of benzene rings is 1. The Kier molecular flexibility index (Phi) is 6.89. The molecular weight excluding hydrogens is 249 g/mol. The number of carbonyl (C=O) groups excluding carboxylic acids is 1. The zero-order valence-corrected chi connectivity index (χ0v) is 11.1. The van der Waals surface area contributed by atoms with Crippen LogP contribution in [0.4, 0.5) is 4.39 Å². The Morgan fingerprint density at radius 3 is 3.00 bits per heavy atom. The van der Waals surface area contributed by atoms with Gasteiger partial charge < -0.3 is 15.2 Å². The van der Waals surface area contributed by atoms with Gasteiger partial charge in [0.15, 0.2) is 6.61 Å². The molecule has 1 aromatic rings. The normalized spacial score (nSPS) is 11.9. The molecule has 0 aromatic heterocycles.